The third kappa shape index (κ3) is 3.55. The first-order valence-corrected chi connectivity index (χ1v) is 3.86. The molecule has 0 aromatic rings. The summed E-state index contributed by atoms with van der Waals surface area (Å²) in [4.78, 5) is 10.7. The molecule has 0 aliphatic carbocycles. The van der Waals surface area contributed by atoms with Crippen molar-refractivity contribution in [3.05, 3.63) is 0 Å². The number of hydrogen-bond acceptors (Lipinski definition) is 1. The van der Waals surface area contributed by atoms with Gasteiger partial charge in [0.05, 0.1) is 5.41 Å². The van der Waals surface area contributed by atoms with Crippen molar-refractivity contribution in [2.75, 3.05) is 0 Å². The van der Waals surface area contributed by atoms with E-state index in [1.54, 1.807) is 0 Å². The third-order valence-corrected chi connectivity index (χ3v) is 2.48. The second-order valence-electron chi connectivity index (χ2n) is 2.65. The summed E-state index contributed by atoms with van der Waals surface area (Å²) >= 11 is 0. The van der Waals surface area contributed by atoms with Crippen molar-refractivity contribution in [3.63, 3.8) is 0 Å². The van der Waals surface area contributed by atoms with E-state index in [0.717, 1.165) is 19.3 Å². The SMILES string of the molecule is CCC(CC)(CC)C(=O)O.[K]. The average Bonchev–Trinajstić information content (AvgIpc) is 1.92. The fourth-order valence-corrected chi connectivity index (χ4v) is 1.20. The molecule has 2 nitrogen and oxygen atoms in total. The van der Waals surface area contributed by atoms with Gasteiger partial charge in [0, 0.05) is 51.4 Å². The normalized spacial score (nSPS) is 10.5. The maximum absolute atomic E-state index is 10.7. The summed E-state index contributed by atoms with van der Waals surface area (Å²) in [5.74, 6) is -0.653. The molecule has 0 aliphatic heterocycles. The number of aliphatic carboxylic acids is 1. The van der Waals surface area contributed by atoms with Gasteiger partial charge in [-0.25, -0.2) is 0 Å². The molecule has 0 heterocycles. The van der Waals surface area contributed by atoms with Crippen LogP contribution in [-0.2, 0) is 4.79 Å². The minimum absolute atomic E-state index is 0. The van der Waals surface area contributed by atoms with Crippen LogP contribution in [0.3, 0.4) is 0 Å². The molecule has 11 heavy (non-hydrogen) atoms. The molecular formula is C8H16KO2. The van der Waals surface area contributed by atoms with Crippen LogP contribution in [0.2, 0.25) is 0 Å². The minimum atomic E-state index is -0.653. The van der Waals surface area contributed by atoms with Crippen LogP contribution in [0, 0.1) is 5.41 Å². The van der Waals surface area contributed by atoms with Gasteiger partial charge in [0.1, 0.15) is 0 Å². The quantitative estimate of drug-likeness (QED) is 0.676. The van der Waals surface area contributed by atoms with Gasteiger partial charge in [-0.15, -0.1) is 0 Å². The van der Waals surface area contributed by atoms with E-state index in [1.807, 2.05) is 20.8 Å². The van der Waals surface area contributed by atoms with Gasteiger partial charge in [0.15, 0.2) is 0 Å². The van der Waals surface area contributed by atoms with Crippen molar-refractivity contribution in [3.8, 4) is 0 Å². The summed E-state index contributed by atoms with van der Waals surface area (Å²) in [6.07, 6.45) is 2.19. The van der Waals surface area contributed by atoms with E-state index in [-0.39, 0.29) is 51.4 Å². The monoisotopic (exact) mass is 183 g/mol. The summed E-state index contributed by atoms with van der Waals surface area (Å²) in [5.41, 5.74) is -0.458. The van der Waals surface area contributed by atoms with Crippen molar-refractivity contribution in [2.45, 2.75) is 40.0 Å². The standard InChI is InChI=1S/C8H16O2.K/c1-4-8(5-2,6-3)7(9)10;/h4-6H2,1-3H3,(H,9,10);. The van der Waals surface area contributed by atoms with Gasteiger partial charge in [-0.05, 0) is 19.3 Å². The summed E-state index contributed by atoms with van der Waals surface area (Å²) < 4.78 is 0. The topological polar surface area (TPSA) is 37.3 Å². The van der Waals surface area contributed by atoms with Crippen molar-refractivity contribution in [1.82, 2.24) is 0 Å². The second kappa shape index (κ2) is 6.60. The average molecular weight is 183 g/mol. The van der Waals surface area contributed by atoms with E-state index >= 15 is 0 Å². The zero-order valence-corrected chi connectivity index (χ0v) is 11.1. The van der Waals surface area contributed by atoms with E-state index in [1.165, 1.54) is 0 Å². The molecule has 0 saturated heterocycles. The summed E-state index contributed by atoms with van der Waals surface area (Å²) in [6, 6.07) is 0. The van der Waals surface area contributed by atoms with E-state index in [2.05, 4.69) is 0 Å². The Bertz CT molecular complexity index is 111. The summed E-state index contributed by atoms with van der Waals surface area (Å²) in [5, 5.41) is 8.82. The number of rotatable bonds is 4. The first-order valence-electron chi connectivity index (χ1n) is 3.86. The molecule has 0 atom stereocenters. The van der Waals surface area contributed by atoms with Crippen LogP contribution >= 0.6 is 0 Å². The molecule has 0 fully saturated rings. The fourth-order valence-electron chi connectivity index (χ4n) is 1.20. The molecule has 0 aromatic heterocycles. The van der Waals surface area contributed by atoms with Gasteiger partial charge >= 0.3 is 5.97 Å². The first-order chi connectivity index (χ1) is 4.63. The molecule has 0 unspecified atom stereocenters. The van der Waals surface area contributed by atoms with E-state index in [4.69, 9.17) is 5.11 Å². The van der Waals surface area contributed by atoms with Gasteiger partial charge in [-0.2, -0.15) is 0 Å². The molecule has 0 amide bonds. The van der Waals surface area contributed by atoms with Crippen molar-refractivity contribution in [1.29, 1.82) is 0 Å². The van der Waals surface area contributed by atoms with Crippen LogP contribution in [0.25, 0.3) is 0 Å². The number of carboxylic acids is 1. The van der Waals surface area contributed by atoms with Gasteiger partial charge in [-0.3, -0.25) is 4.79 Å². The molecule has 0 saturated carbocycles. The van der Waals surface area contributed by atoms with Gasteiger partial charge < -0.3 is 5.11 Å². The molecule has 0 aliphatic rings. The molecule has 0 aromatic carbocycles. The van der Waals surface area contributed by atoms with Crippen LogP contribution < -0.4 is 0 Å². The smallest absolute Gasteiger partial charge is 0.309 e. The largest absolute Gasteiger partial charge is 0.481 e. The molecule has 3 heteroatoms. The summed E-state index contributed by atoms with van der Waals surface area (Å²) in [6.45, 7) is 5.80. The predicted octanol–water partition coefficient (Wildman–Crippen LogP) is 1.91. The number of carboxylic acid groups (broad SMARTS) is 1. The Labute approximate surface area is 111 Å². The van der Waals surface area contributed by atoms with Crippen LogP contribution in [0.4, 0.5) is 0 Å². The Morgan fingerprint density at radius 1 is 1.18 bits per heavy atom. The Hall–Kier alpha value is 1.11. The molecule has 1 radical (unpaired) electrons. The zero-order chi connectivity index (χ0) is 8.20. The van der Waals surface area contributed by atoms with Crippen LogP contribution in [0.15, 0.2) is 0 Å². The Morgan fingerprint density at radius 3 is 1.45 bits per heavy atom. The van der Waals surface area contributed by atoms with Crippen LogP contribution in [0.5, 0.6) is 0 Å². The molecule has 0 spiro atoms. The van der Waals surface area contributed by atoms with Crippen molar-refractivity contribution in [2.24, 2.45) is 5.41 Å². The molecule has 0 bridgehead atoms. The molecule has 61 valence electrons. The molecule has 0 rings (SSSR count). The maximum atomic E-state index is 10.7. The molecular weight excluding hydrogens is 167 g/mol. The Kier molecular flexibility index (Phi) is 8.78. The third-order valence-electron chi connectivity index (χ3n) is 2.48. The summed E-state index contributed by atoms with van der Waals surface area (Å²) in [7, 11) is 0. The number of hydrogen-bond donors (Lipinski definition) is 1. The van der Waals surface area contributed by atoms with E-state index < -0.39 is 11.4 Å². The van der Waals surface area contributed by atoms with E-state index in [0.29, 0.717) is 0 Å². The fraction of sp³-hybridized carbons (Fsp3) is 0.875. The second-order valence-corrected chi connectivity index (χ2v) is 2.65. The zero-order valence-electron chi connectivity index (χ0n) is 7.98. The number of carbonyl (C=O) groups is 1. The van der Waals surface area contributed by atoms with Crippen molar-refractivity contribution >= 4 is 57.4 Å². The Balaban J connectivity index is 0. The Morgan fingerprint density at radius 2 is 1.45 bits per heavy atom. The first kappa shape index (κ1) is 14.6. The van der Waals surface area contributed by atoms with Gasteiger partial charge in [0.25, 0.3) is 0 Å². The van der Waals surface area contributed by atoms with Gasteiger partial charge in [-0.1, -0.05) is 20.8 Å². The van der Waals surface area contributed by atoms with Crippen molar-refractivity contribution < 1.29 is 9.90 Å². The molecule has 1 N–H and O–H groups in total. The van der Waals surface area contributed by atoms with Crippen LogP contribution in [0.1, 0.15) is 40.0 Å². The maximum Gasteiger partial charge on any atom is 0.309 e. The van der Waals surface area contributed by atoms with Crippen LogP contribution in [-0.4, -0.2) is 62.5 Å². The predicted molar refractivity (Wildman–Crippen MR) is 46.7 cm³/mol. The minimum Gasteiger partial charge on any atom is -0.481 e. The van der Waals surface area contributed by atoms with Gasteiger partial charge in [0.2, 0.25) is 0 Å². The van der Waals surface area contributed by atoms with E-state index in [9.17, 15) is 4.79 Å².